The fraction of sp³-hybridized carbons (Fsp3) is 0.933. The Hall–Kier alpha value is -0.150. The van der Waals surface area contributed by atoms with Crippen LogP contribution in [0.4, 0.5) is 0 Å². The summed E-state index contributed by atoms with van der Waals surface area (Å²) in [4.78, 5) is 10.3. The average Bonchev–Trinajstić information content (AvgIpc) is 2.78. The summed E-state index contributed by atoms with van der Waals surface area (Å²) in [7, 11) is 2.31. The molecule has 0 spiro atoms. The van der Waals surface area contributed by atoms with Crippen LogP contribution in [0.15, 0.2) is 12.2 Å². The van der Waals surface area contributed by atoms with Gasteiger partial charge in [-0.1, -0.05) is 122 Å². The van der Waals surface area contributed by atoms with E-state index in [9.17, 15) is 9.46 Å². The number of hydrogen-bond donors (Lipinski definition) is 1. The first-order chi connectivity index (χ1) is 16.8. The van der Waals surface area contributed by atoms with Crippen molar-refractivity contribution in [1.82, 2.24) is 0 Å². The first kappa shape index (κ1) is 34.9. The Balaban J connectivity index is 3.39. The van der Waals surface area contributed by atoms with Crippen LogP contribution in [0, 0.1) is 0 Å². The molecule has 35 heavy (non-hydrogen) atoms. The second-order valence-corrected chi connectivity index (χ2v) is 13.4. The second-order valence-electron chi connectivity index (χ2n) is 11.5. The molecule has 0 aromatic carbocycles. The third-order valence-corrected chi connectivity index (χ3v) is 9.43. The van der Waals surface area contributed by atoms with Crippen LogP contribution in [0.25, 0.3) is 0 Å². The molecule has 0 saturated heterocycles. The number of rotatable bonds is 26. The summed E-state index contributed by atoms with van der Waals surface area (Å²) in [6.07, 6.45) is 31.8. The second kappa shape index (κ2) is 23.0. The van der Waals surface area contributed by atoms with Crippen molar-refractivity contribution in [3.05, 3.63) is 12.2 Å². The van der Waals surface area contributed by atoms with Crippen molar-refractivity contribution in [3.63, 3.8) is 0 Å². The van der Waals surface area contributed by atoms with Gasteiger partial charge in [-0.25, -0.2) is 0 Å². The van der Waals surface area contributed by atoms with Gasteiger partial charge < -0.3 is 13.9 Å². The molecule has 0 fully saturated rings. The highest BCUT2D eigenvalue weighted by Gasteiger charge is 2.41. The summed E-state index contributed by atoms with van der Waals surface area (Å²) >= 11 is 0. The molecule has 0 saturated carbocycles. The molecule has 2 atom stereocenters. The number of allylic oxidation sites excluding steroid dienone is 2. The lowest BCUT2D eigenvalue weighted by molar-refractivity contribution is -0.883. The van der Waals surface area contributed by atoms with Crippen molar-refractivity contribution < 1.29 is 18.5 Å². The maximum Gasteiger partial charge on any atom is 0.385 e. The topological polar surface area (TPSA) is 46.5 Å². The molecule has 0 aliphatic heterocycles. The standard InChI is InChI=1S/C30H62NO3P/c1-6-8-9-10-11-12-13-14-15-16-17-18-19-20-21-22-23-24-25-26-27-28-29-34-35(32,33)30(7-2)31(3,4)5/h16-17,30H,6-15,18-29H2,1-5H3/p+1/b17-16-. The maximum atomic E-state index is 12.5. The summed E-state index contributed by atoms with van der Waals surface area (Å²) in [5.74, 6) is -0.349. The molecule has 1 N–H and O–H groups in total. The van der Waals surface area contributed by atoms with Crippen LogP contribution in [-0.2, 0) is 9.09 Å². The van der Waals surface area contributed by atoms with Crippen LogP contribution in [0.1, 0.15) is 149 Å². The summed E-state index contributed by atoms with van der Waals surface area (Å²) < 4.78 is 18.4. The van der Waals surface area contributed by atoms with Crippen molar-refractivity contribution in [1.29, 1.82) is 0 Å². The molecule has 0 aliphatic carbocycles. The van der Waals surface area contributed by atoms with E-state index in [0.717, 1.165) is 12.8 Å². The van der Waals surface area contributed by atoms with E-state index in [0.29, 0.717) is 17.5 Å². The van der Waals surface area contributed by atoms with E-state index >= 15 is 0 Å². The third-order valence-electron chi connectivity index (χ3n) is 7.07. The number of quaternary nitrogens is 1. The van der Waals surface area contributed by atoms with E-state index < -0.39 is 7.60 Å². The molecule has 2 unspecified atom stereocenters. The van der Waals surface area contributed by atoms with Crippen LogP contribution in [0.5, 0.6) is 0 Å². The zero-order chi connectivity index (χ0) is 26.3. The van der Waals surface area contributed by atoms with Gasteiger partial charge in [0.05, 0.1) is 27.7 Å². The van der Waals surface area contributed by atoms with Gasteiger partial charge in [0.2, 0.25) is 0 Å². The van der Waals surface area contributed by atoms with Crippen LogP contribution in [0.3, 0.4) is 0 Å². The summed E-state index contributed by atoms with van der Waals surface area (Å²) in [6.45, 7) is 4.64. The van der Waals surface area contributed by atoms with Gasteiger partial charge in [-0.15, -0.1) is 0 Å². The van der Waals surface area contributed by atoms with Gasteiger partial charge in [0.25, 0.3) is 0 Å². The van der Waals surface area contributed by atoms with E-state index in [1.54, 1.807) is 0 Å². The highest BCUT2D eigenvalue weighted by atomic mass is 31.2. The van der Waals surface area contributed by atoms with Crippen molar-refractivity contribution in [2.45, 2.75) is 154 Å². The highest BCUT2D eigenvalue weighted by Crippen LogP contribution is 2.51. The zero-order valence-corrected chi connectivity index (χ0v) is 25.3. The van der Waals surface area contributed by atoms with E-state index in [4.69, 9.17) is 4.52 Å². The van der Waals surface area contributed by atoms with Gasteiger partial charge in [0, 0.05) is 6.42 Å². The molecule has 0 heterocycles. The van der Waals surface area contributed by atoms with Crippen molar-refractivity contribution in [3.8, 4) is 0 Å². The molecule has 4 nitrogen and oxygen atoms in total. The molecule has 0 bridgehead atoms. The molecular formula is C30H63NO3P+. The fourth-order valence-electron chi connectivity index (χ4n) is 4.91. The minimum Gasteiger partial charge on any atom is -0.320 e. The SMILES string of the molecule is CCCCCCCCCC/C=C\CCCCCCCCCCCCOP(=O)(O)C(CC)[N+](C)(C)C. The molecular weight excluding hydrogens is 453 g/mol. The van der Waals surface area contributed by atoms with E-state index in [1.165, 1.54) is 116 Å². The van der Waals surface area contributed by atoms with Crippen LogP contribution in [0.2, 0.25) is 0 Å². The predicted octanol–water partition coefficient (Wildman–Crippen LogP) is 10.0. The van der Waals surface area contributed by atoms with E-state index in [1.807, 2.05) is 28.1 Å². The van der Waals surface area contributed by atoms with Crippen LogP contribution in [-0.4, -0.2) is 42.9 Å². The van der Waals surface area contributed by atoms with Gasteiger partial charge in [-0.3, -0.25) is 4.57 Å². The Morgan fingerprint density at radius 2 is 1.03 bits per heavy atom. The lowest BCUT2D eigenvalue weighted by Gasteiger charge is -2.35. The largest absolute Gasteiger partial charge is 0.385 e. The quantitative estimate of drug-likeness (QED) is 0.0538. The van der Waals surface area contributed by atoms with E-state index in [-0.39, 0.29) is 5.78 Å². The monoisotopic (exact) mass is 516 g/mol. The molecule has 0 rings (SSSR count). The van der Waals surface area contributed by atoms with Crippen LogP contribution < -0.4 is 0 Å². The number of hydrogen-bond acceptors (Lipinski definition) is 2. The smallest absolute Gasteiger partial charge is 0.320 e. The Kier molecular flexibility index (Phi) is 22.9. The van der Waals surface area contributed by atoms with Crippen molar-refractivity contribution in [2.75, 3.05) is 27.7 Å². The molecule has 0 aromatic heterocycles. The molecule has 5 heteroatoms. The first-order valence-electron chi connectivity index (χ1n) is 15.2. The zero-order valence-electron chi connectivity index (χ0n) is 24.4. The van der Waals surface area contributed by atoms with Gasteiger partial charge in [-0.05, 0) is 32.1 Å². The van der Waals surface area contributed by atoms with Gasteiger partial charge in [0.15, 0.2) is 5.78 Å². The number of nitrogens with zero attached hydrogens (tertiary/aromatic N) is 1. The van der Waals surface area contributed by atoms with Gasteiger partial charge in [-0.2, -0.15) is 0 Å². The fourth-order valence-corrected chi connectivity index (χ4v) is 6.81. The average molecular weight is 517 g/mol. The van der Waals surface area contributed by atoms with Crippen molar-refractivity contribution >= 4 is 7.60 Å². The number of unbranched alkanes of at least 4 members (excludes halogenated alkanes) is 18. The molecule has 0 radical (unpaired) electrons. The normalized spacial score (nSPS) is 15.0. The molecule has 210 valence electrons. The Labute approximate surface area is 220 Å². The molecule has 0 aliphatic rings. The summed E-state index contributed by atoms with van der Waals surface area (Å²) in [5, 5.41) is 0. The molecule has 0 aromatic rings. The Bertz CT molecular complexity index is 530. The lowest BCUT2D eigenvalue weighted by Crippen LogP contribution is -2.44. The lowest BCUT2D eigenvalue weighted by atomic mass is 10.1. The van der Waals surface area contributed by atoms with Crippen LogP contribution >= 0.6 is 7.60 Å². The van der Waals surface area contributed by atoms with Gasteiger partial charge in [0.1, 0.15) is 0 Å². The predicted molar refractivity (Wildman–Crippen MR) is 155 cm³/mol. The van der Waals surface area contributed by atoms with Gasteiger partial charge >= 0.3 is 7.60 Å². The summed E-state index contributed by atoms with van der Waals surface area (Å²) in [6, 6.07) is 0. The van der Waals surface area contributed by atoms with Crippen molar-refractivity contribution in [2.24, 2.45) is 0 Å². The Morgan fingerprint density at radius 1 is 0.657 bits per heavy atom. The minimum absolute atomic E-state index is 0.349. The summed E-state index contributed by atoms with van der Waals surface area (Å²) in [5.41, 5.74) is 0. The first-order valence-corrected chi connectivity index (χ1v) is 16.8. The minimum atomic E-state index is -3.55. The molecule has 0 amide bonds. The third kappa shape index (κ3) is 21.6. The maximum absolute atomic E-state index is 12.5. The Morgan fingerprint density at radius 3 is 1.40 bits per heavy atom. The van der Waals surface area contributed by atoms with E-state index in [2.05, 4.69) is 19.1 Å². The highest BCUT2D eigenvalue weighted by molar-refractivity contribution is 7.53.